The number of hydrogen-bond donors (Lipinski definition) is 0. The molecular weight excluding hydrogens is 86.1 g/mol. The van der Waals surface area contributed by atoms with Gasteiger partial charge in [0.15, 0.2) is 0 Å². The molecule has 1 aliphatic heterocycles. The molecule has 0 radical (unpaired) electrons. The van der Waals surface area contributed by atoms with Crippen molar-refractivity contribution in [2.24, 2.45) is 5.92 Å². The van der Waals surface area contributed by atoms with Crippen molar-refractivity contribution in [1.29, 1.82) is 0 Å². The predicted octanol–water partition coefficient (Wildman–Crippen LogP) is 0.463. The SMILES string of the molecule is CCN1C2C3C[C@@]321. The van der Waals surface area contributed by atoms with Crippen LogP contribution in [0.3, 0.4) is 0 Å². The maximum Gasteiger partial charge on any atom is 0.0420 e. The van der Waals surface area contributed by atoms with Crippen molar-refractivity contribution in [3.63, 3.8) is 0 Å². The molecule has 0 aromatic carbocycles. The third-order valence-corrected chi connectivity index (χ3v) is 2.96. The molecule has 2 saturated carbocycles. The van der Waals surface area contributed by atoms with Crippen LogP contribution in [0, 0.1) is 5.92 Å². The van der Waals surface area contributed by atoms with E-state index in [0.717, 1.165) is 11.6 Å². The van der Waals surface area contributed by atoms with E-state index in [0.29, 0.717) is 0 Å². The van der Waals surface area contributed by atoms with E-state index in [-0.39, 0.29) is 0 Å². The van der Waals surface area contributed by atoms with Gasteiger partial charge in [-0.25, -0.2) is 0 Å². The summed E-state index contributed by atoms with van der Waals surface area (Å²) in [6.07, 6.45) is 1.55. The molecule has 0 aromatic heterocycles. The van der Waals surface area contributed by atoms with Crippen LogP contribution in [0.5, 0.6) is 0 Å². The molecule has 1 spiro atoms. The lowest BCUT2D eigenvalue weighted by Crippen LogP contribution is -2.07. The molecule has 0 aromatic rings. The fourth-order valence-corrected chi connectivity index (χ4v) is 2.24. The van der Waals surface area contributed by atoms with E-state index in [1.165, 1.54) is 12.5 Å². The largest absolute Gasteiger partial charge is 0.291 e. The van der Waals surface area contributed by atoms with E-state index in [9.17, 15) is 0 Å². The predicted molar refractivity (Wildman–Crippen MR) is 27.0 cm³/mol. The molecule has 3 rings (SSSR count). The fraction of sp³-hybridized carbons (Fsp3) is 1.00. The average Bonchev–Trinajstić information content (AvgIpc) is 2.41. The number of fused-ring (bicyclic) bond motifs is 1. The van der Waals surface area contributed by atoms with Gasteiger partial charge in [-0.05, 0) is 18.9 Å². The minimum Gasteiger partial charge on any atom is -0.291 e. The van der Waals surface area contributed by atoms with Gasteiger partial charge in [-0.2, -0.15) is 0 Å². The molecule has 3 fully saturated rings. The summed E-state index contributed by atoms with van der Waals surface area (Å²) < 4.78 is 0. The van der Waals surface area contributed by atoms with E-state index >= 15 is 0 Å². The zero-order valence-corrected chi connectivity index (χ0v) is 4.52. The number of likely N-dealkylation sites (N-methyl/N-ethyl adjacent to an activating group) is 1. The molecule has 7 heavy (non-hydrogen) atoms. The molecule has 38 valence electrons. The lowest BCUT2D eigenvalue weighted by molar-refractivity contribution is 0.429. The monoisotopic (exact) mass is 95.1 g/mol. The molecule has 1 heterocycles. The van der Waals surface area contributed by atoms with Gasteiger partial charge in [-0.1, -0.05) is 6.92 Å². The summed E-state index contributed by atoms with van der Waals surface area (Å²) in [4.78, 5) is 2.61. The van der Waals surface area contributed by atoms with Crippen molar-refractivity contribution in [1.82, 2.24) is 4.90 Å². The Morgan fingerprint density at radius 3 is 2.71 bits per heavy atom. The Balaban J connectivity index is 1.91. The van der Waals surface area contributed by atoms with Crippen molar-refractivity contribution >= 4 is 0 Å². The van der Waals surface area contributed by atoms with Crippen molar-refractivity contribution in [3.8, 4) is 0 Å². The number of nitrogens with zero attached hydrogens (tertiary/aromatic N) is 1. The van der Waals surface area contributed by atoms with Crippen LogP contribution < -0.4 is 0 Å². The average molecular weight is 95.1 g/mol. The fourth-order valence-electron chi connectivity index (χ4n) is 2.24. The van der Waals surface area contributed by atoms with Crippen LogP contribution in [0.4, 0.5) is 0 Å². The van der Waals surface area contributed by atoms with E-state index in [1.54, 1.807) is 6.42 Å². The first kappa shape index (κ1) is 3.08. The van der Waals surface area contributed by atoms with Crippen LogP contribution in [0.15, 0.2) is 0 Å². The lowest BCUT2D eigenvalue weighted by Gasteiger charge is -1.98. The highest BCUT2D eigenvalue weighted by atomic mass is 15.6. The quantitative estimate of drug-likeness (QED) is 0.428. The van der Waals surface area contributed by atoms with Crippen LogP contribution in [-0.4, -0.2) is 23.0 Å². The van der Waals surface area contributed by atoms with Gasteiger partial charge >= 0.3 is 0 Å². The van der Waals surface area contributed by atoms with Gasteiger partial charge in [0.05, 0.1) is 0 Å². The molecule has 1 saturated heterocycles. The van der Waals surface area contributed by atoms with E-state index < -0.39 is 0 Å². The normalized spacial score (nSPS) is 79.3. The first-order chi connectivity index (χ1) is 3.41. The third kappa shape index (κ3) is 0.129. The van der Waals surface area contributed by atoms with Crippen LogP contribution in [0.2, 0.25) is 0 Å². The van der Waals surface area contributed by atoms with Gasteiger partial charge in [0.25, 0.3) is 0 Å². The Kier molecular flexibility index (Phi) is 0.224. The van der Waals surface area contributed by atoms with Crippen LogP contribution >= 0.6 is 0 Å². The summed E-state index contributed by atoms with van der Waals surface area (Å²) in [5, 5.41) is 0. The maximum atomic E-state index is 2.61. The molecule has 0 N–H and O–H groups in total. The minimum atomic E-state index is 0.884. The highest BCUT2D eigenvalue weighted by Gasteiger charge is 2.97. The summed E-state index contributed by atoms with van der Waals surface area (Å²) in [6.45, 7) is 3.57. The summed E-state index contributed by atoms with van der Waals surface area (Å²) in [5.41, 5.74) is 0.884. The molecule has 0 bridgehead atoms. The van der Waals surface area contributed by atoms with E-state index in [4.69, 9.17) is 0 Å². The van der Waals surface area contributed by atoms with Gasteiger partial charge in [0.1, 0.15) is 0 Å². The summed E-state index contributed by atoms with van der Waals surface area (Å²) in [5.74, 6) is 1.20. The Labute approximate surface area is 43.3 Å². The van der Waals surface area contributed by atoms with Crippen molar-refractivity contribution in [2.45, 2.75) is 24.9 Å². The first-order valence-electron chi connectivity index (χ1n) is 3.18. The smallest absolute Gasteiger partial charge is 0.0420 e. The second kappa shape index (κ2) is 0.510. The van der Waals surface area contributed by atoms with Gasteiger partial charge < -0.3 is 0 Å². The topological polar surface area (TPSA) is 3.01 Å². The second-order valence-corrected chi connectivity index (χ2v) is 3.03. The lowest BCUT2D eigenvalue weighted by atomic mass is 10.4. The van der Waals surface area contributed by atoms with Crippen LogP contribution in [-0.2, 0) is 0 Å². The molecule has 2 aliphatic carbocycles. The standard InChI is InChI=1S/C6H9N/c1-2-7-5-4-3-6(4,5)7/h4-5H,2-3H2,1H3/t4?,5?,6-,7?/m1/s1. The Morgan fingerprint density at radius 1 is 1.86 bits per heavy atom. The van der Waals surface area contributed by atoms with Crippen molar-refractivity contribution < 1.29 is 0 Å². The highest BCUT2D eigenvalue weighted by Crippen LogP contribution is 2.86. The van der Waals surface area contributed by atoms with E-state index in [2.05, 4.69) is 11.8 Å². The zero-order chi connectivity index (χ0) is 4.65. The molecule has 0 amide bonds. The maximum absolute atomic E-state index is 2.61. The summed E-state index contributed by atoms with van der Waals surface area (Å²) in [7, 11) is 0. The van der Waals surface area contributed by atoms with Crippen LogP contribution in [0.25, 0.3) is 0 Å². The summed E-state index contributed by atoms with van der Waals surface area (Å²) >= 11 is 0. The molecular formula is C6H9N. The van der Waals surface area contributed by atoms with Gasteiger partial charge in [0.2, 0.25) is 0 Å². The first-order valence-corrected chi connectivity index (χ1v) is 3.18. The third-order valence-electron chi connectivity index (χ3n) is 2.96. The molecule has 4 atom stereocenters. The van der Waals surface area contributed by atoms with E-state index in [1.807, 2.05) is 0 Å². The molecule has 1 nitrogen and oxygen atoms in total. The second-order valence-electron chi connectivity index (χ2n) is 3.03. The Morgan fingerprint density at radius 2 is 2.57 bits per heavy atom. The zero-order valence-electron chi connectivity index (χ0n) is 4.52. The van der Waals surface area contributed by atoms with Crippen LogP contribution in [0.1, 0.15) is 13.3 Å². The molecule has 3 aliphatic rings. The minimum absolute atomic E-state index is 0.884. The van der Waals surface area contributed by atoms with Crippen molar-refractivity contribution in [3.05, 3.63) is 0 Å². The number of hydrogen-bond acceptors (Lipinski definition) is 1. The number of rotatable bonds is 1. The summed E-state index contributed by atoms with van der Waals surface area (Å²) in [6, 6.07) is 1.11. The van der Waals surface area contributed by atoms with Gasteiger partial charge in [-0.15, -0.1) is 0 Å². The van der Waals surface area contributed by atoms with Gasteiger partial charge in [0, 0.05) is 11.6 Å². The molecule has 1 heteroatoms. The van der Waals surface area contributed by atoms with Crippen molar-refractivity contribution in [2.75, 3.05) is 6.54 Å². The molecule has 3 unspecified atom stereocenters. The number of likely N-dealkylation sites (tertiary alicyclic amines) is 1. The Hall–Kier alpha value is -0.0400. The highest BCUT2D eigenvalue weighted by molar-refractivity contribution is 5.52. The van der Waals surface area contributed by atoms with Gasteiger partial charge in [-0.3, -0.25) is 4.90 Å². The Bertz CT molecular complexity index is 143.